The van der Waals surface area contributed by atoms with Crippen LogP contribution in [0.4, 0.5) is 0 Å². The normalized spacial score (nSPS) is 25.4. The fourth-order valence-corrected chi connectivity index (χ4v) is 2.88. The second kappa shape index (κ2) is 5.04. The van der Waals surface area contributed by atoms with E-state index < -0.39 is 0 Å². The van der Waals surface area contributed by atoms with Crippen LogP contribution in [0.3, 0.4) is 0 Å². The van der Waals surface area contributed by atoms with Gasteiger partial charge in [-0.05, 0) is 19.8 Å². The molecule has 0 aromatic carbocycles. The molecule has 1 aromatic rings. The van der Waals surface area contributed by atoms with Gasteiger partial charge in [0, 0.05) is 42.3 Å². The third-order valence-electron chi connectivity index (χ3n) is 3.70. The Labute approximate surface area is 108 Å². The van der Waals surface area contributed by atoms with Crippen LogP contribution in [0.5, 0.6) is 0 Å². The van der Waals surface area contributed by atoms with Crippen molar-refractivity contribution in [2.45, 2.75) is 45.8 Å². The lowest BCUT2D eigenvalue weighted by molar-refractivity contribution is 0.0483. The lowest BCUT2D eigenvalue weighted by Crippen LogP contribution is -2.62. The Balaban J connectivity index is 2.05. The number of hydrogen-bond acceptors (Lipinski definition) is 4. The summed E-state index contributed by atoms with van der Waals surface area (Å²) >= 11 is 1.75. The Bertz CT molecular complexity index is 346. The van der Waals surface area contributed by atoms with E-state index in [1.54, 1.807) is 11.3 Å². The van der Waals surface area contributed by atoms with E-state index >= 15 is 0 Å². The average molecular weight is 253 g/mol. The Hall–Kier alpha value is -0.450. The van der Waals surface area contributed by atoms with E-state index in [0.29, 0.717) is 12.0 Å². The predicted molar refractivity (Wildman–Crippen MR) is 73.2 cm³/mol. The maximum Gasteiger partial charge on any atom is 0.0794 e. The quantitative estimate of drug-likeness (QED) is 0.896. The Morgan fingerprint density at radius 3 is 2.94 bits per heavy atom. The maximum absolute atomic E-state index is 4.17. The molecule has 0 amide bonds. The van der Waals surface area contributed by atoms with E-state index in [1.807, 2.05) is 11.7 Å². The molecule has 1 unspecified atom stereocenters. The molecule has 1 aromatic heterocycles. The number of rotatable bonds is 3. The maximum atomic E-state index is 4.17. The van der Waals surface area contributed by atoms with Gasteiger partial charge < -0.3 is 5.32 Å². The molecule has 1 aliphatic heterocycles. The minimum atomic E-state index is 0.232. The molecule has 1 fully saturated rings. The van der Waals surface area contributed by atoms with Gasteiger partial charge in [0.15, 0.2) is 0 Å². The van der Waals surface area contributed by atoms with Gasteiger partial charge in [0.25, 0.3) is 0 Å². The molecule has 1 saturated heterocycles. The number of aromatic nitrogens is 1. The van der Waals surface area contributed by atoms with Gasteiger partial charge in [0.2, 0.25) is 0 Å². The van der Waals surface area contributed by atoms with Gasteiger partial charge in [-0.25, -0.2) is 0 Å². The number of nitrogens with one attached hydrogen (secondary N) is 1. The first-order chi connectivity index (χ1) is 7.99. The minimum absolute atomic E-state index is 0.232. The SMILES string of the molecule is CC(C)C1CN(Cc2cncs2)C(C)(C)CN1. The zero-order valence-electron chi connectivity index (χ0n) is 11.2. The van der Waals surface area contributed by atoms with Crippen LogP contribution >= 0.6 is 11.3 Å². The fraction of sp³-hybridized carbons (Fsp3) is 0.769. The summed E-state index contributed by atoms with van der Waals surface area (Å²) in [6.07, 6.45) is 1.99. The topological polar surface area (TPSA) is 28.2 Å². The highest BCUT2D eigenvalue weighted by Gasteiger charge is 2.34. The largest absolute Gasteiger partial charge is 0.311 e. The molecule has 2 rings (SSSR count). The van der Waals surface area contributed by atoms with Crippen molar-refractivity contribution >= 4 is 11.3 Å². The van der Waals surface area contributed by atoms with E-state index in [-0.39, 0.29) is 5.54 Å². The van der Waals surface area contributed by atoms with Crippen molar-refractivity contribution in [1.82, 2.24) is 15.2 Å². The number of piperazine rings is 1. The smallest absolute Gasteiger partial charge is 0.0794 e. The monoisotopic (exact) mass is 253 g/mol. The lowest BCUT2D eigenvalue weighted by atomic mass is 9.93. The third kappa shape index (κ3) is 3.06. The molecule has 96 valence electrons. The van der Waals surface area contributed by atoms with Crippen molar-refractivity contribution in [3.05, 3.63) is 16.6 Å². The third-order valence-corrected chi connectivity index (χ3v) is 4.47. The summed E-state index contributed by atoms with van der Waals surface area (Å²) < 4.78 is 0. The van der Waals surface area contributed by atoms with E-state index in [0.717, 1.165) is 19.6 Å². The first-order valence-corrected chi connectivity index (χ1v) is 7.23. The molecule has 3 nitrogen and oxygen atoms in total. The van der Waals surface area contributed by atoms with Gasteiger partial charge in [-0.15, -0.1) is 11.3 Å². The van der Waals surface area contributed by atoms with E-state index in [9.17, 15) is 0 Å². The van der Waals surface area contributed by atoms with Gasteiger partial charge in [-0.3, -0.25) is 9.88 Å². The minimum Gasteiger partial charge on any atom is -0.311 e. The van der Waals surface area contributed by atoms with E-state index in [4.69, 9.17) is 0 Å². The van der Waals surface area contributed by atoms with Crippen molar-refractivity contribution in [2.24, 2.45) is 5.92 Å². The zero-order valence-corrected chi connectivity index (χ0v) is 12.0. The van der Waals surface area contributed by atoms with Gasteiger partial charge in [0.05, 0.1) is 5.51 Å². The van der Waals surface area contributed by atoms with Crippen LogP contribution < -0.4 is 5.32 Å². The summed E-state index contributed by atoms with van der Waals surface area (Å²) in [7, 11) is 0. The van der Waals surface area contributed by atoms with Crippen LogP contribution in [0.25, 0.3) is 0 Å². The highest BCUT2D eigenvalue weighted by Crippen LogP contribution is 2.24. The summed E-state index contributed by atoms with van der Waals surface area (Å²) in [5.41, 5.74) is 2.15. The lowest BCUT2D eigenvalue weighted by Gasteiger charge is -2.47. The summed E-state index contributed by atoms with van der Waals surface area (Å²) in [6, 6.07) is 0.607. The number of nitrogens with zero attached hydrogens (tertiary/aromatic N) is 2. The standard InChI is InChI=1S/C13H23N3S/c1-10(2)12-7-16(13(3,4)8-15-12)6-11-5-14-9-17-11/h5,9-10,12,15H,6-8H2,1-4H3. The van der Waals surface area contributed by atoms with Crippen molar-refractivity contribution in [3.63, 3.8) is 0 Å². The van der Waals surface area contributed by atoms with E-state index in [2.05, 4.69) is 42.9 Å². The molecule has 0 saturated carbocycles. The molecule has 0 aliphatic carbocycles. The molecule has 1 aliphatic rings. The van der Waals surface area contributed by atoms with Crippen molar-refractivity contribution in [1.29, 1.82) is 0 Å². The van der Waals surface area contributed by atoms with Crippen molar-refractivity contribution in [2.75, 3.05) is 13.1 Å². The fourth-order valence-electron chi connectivity index (χ4n) is 2.28. The predicted octanol–water partition coefficient (Wildman–Crippen LogP) is 2.35. The second-order valence-corrected chi connectivity index (χ2v) is 6.86. The Morgan fingerprint density at radius 1 is 1.59 bits per heavy atom. The van der Waals surface area contributed by atoms with E-state index in [1.165, 1.54) is 4.88 Å². The summed E-state index contributed by atoms with van der Waals surface area (Å²) in [5.74, 6) is 0.690. The highest BCUT2D eigenvalue weighted by atomic mass is 32.1. The zero-order chi connectivity index (χ0) is 12.5. The van der Waals surface area contributed by atoms with Crippen molar-refractivity contribution in [3.8, 4) is 0 Å². The summed E-state index contributed by atoms with van der Waals surface area (Å²) in [4.78, 5) is 8.11. The van der Waals surface area contributed by atoms with Crippen LogP contribution in [0.2, 0.25) is 0 Å². The average Bonchev–Trinajstić information content (AvgIpc) is 2.73. The highest BCUT2D eigenvalue weighted by molar-refractivity contribution is 7.09. The van der Waals surface area contributed by atoms with Crippen LogP contribution in [-0.4, -0.2) is 34.6 Å². The molecular weight excluding hydrogens is 230 g/mol. The second-order valence-electron chi connectivity index (χ2n) is 5.89. The van der Waals surface area contributed by atoms with Crippen LogP contribution in [0.15, 0.2) is 11.7 Å². The molecule has 17 heavy (non-hydrogen) atoms. The number of hydrogen-bond donors (Lipinski definition) is 1. The van der Waals surface area contributed by atoms with Crippen LogP contribution in [0.1, 0.15) is 32.6 Å². The van der Waals surface area contributed by atoms with Gasteiger partial charge in [0.1, 0.15) is 0 Å². The molecule has 0 spiro atoms. The molecule has 1 N–H and O–H groups in total. The van der Waals surface area contributed by atoms with Gasteiger partial charge in [-0.2, -0.15) is 0 Å². The summed E-state index contributed by atoms with van der Waals surface area (Å²) in [6.45, 7) is 12.4. The Morgan fingerprint density at radius 2 is 2.35 bits per heavy atom. The molecule has 1 atom stereocenters. The van der Waals surface area contributed by atoms with Gasteiger partial charge in [-0.1, -0.05) is 13.8 Å². The van der Waals surface area contributed by atoms with Crippen LogP contribution in [0, 0.1) is 5.92 Å². The number of thiazole rings is 1. The Kier molecular flexibility index (Phi) is 3.85. The first kappa shape index (κ1) is 13.0. The van der Waals surface area contributed by atoms with Gasteiger partial charge >= 0.3 is 0 Å². The van der Waals surface area contributed by atoms with Crippen LogP contribution in [-0.2, 0) is 6.54 Å². The first-order valence-electron chi connectivity index (χ1n) is 6.35. The molecule has 4 heteroatoms. The molecule has 0 radical (unpaired) electrons. The summed E-state index contributed by atoms with van der Waals surface area (Å²) in [5, 5.41) is 3.66. The molecule has 2 heterocycles. The molecular formula is C13H23N3S. The van der Waals surface area contributed by atoms with Crippen molar-refractivity contribution < 1.29 is 0 Å². The molecule has 0 bridgehead atoms.